The maximum atomic E-state index is 10.5. The SMILES string of the molecule is NC(CCS(=O)(=O)O)N1CCOCC1. The van der Waals surface area contributed by atoms with Crippen molar-refractivity contribution in [2.24, 2.45) is 5.73 Å². The average Bonchev–Trinajstić information content (AvgIpc) is 2.14. The second kappa shape index (κ2) is 5.04. The van der Waals surface area contributed by atoms with Crippen LogP contribution >= 0.6 is 0 Å². The Bertz CT molecular complexity index is 261. The molecule has 0 aromatic heterocycles. The van der Waals surface area contributed by atoms with E-state index in [1.54, 1.807) is 0 Å². The van der Waals surface area contributed by atoms with Crippen molar-refractivity contribution < 1.29 is 17.7 Å². The van der Waals surface area contributed by atoms with Crippen molar-refractivity contribution in [1.29, 1.82) is 0 Å². The molecule has 1 rings (SSSR count). The van der Waals surface area contributed by atoms with Crippen LogP contribution in [0, 0.1) is 0 Å². The van der Waals surface area contributed by atoms with Gasteiger partial charge in [0.1, 0.15) is 0 Å². The van der Waals surface area contributed by atoms with E-state index in [2.05, 4.69) is 0 Å². The van der Waals surface area contributed by atoms with Crippen LogP contribution in [-0.2, 0) is 14.9 Å². The molecule has 0 spiro atoms. The first kappa shape index (κ1) is 11.9. The molecule has 0 bridgehead atoms. The van der Waals surface area contributed by atoms with Gasteiger partial charge in [-0.2, -0.15) is 8.42 Å². The van der Waals surface area contributed by atoms with Gasteiger partial charge in [-0.1, -0.05) is 0 Å². The highest BCUT2D eigenvalue weighted by Crippen LogP contribution is 2.03. The third-order valence-electron chi connectivity index (χ3n) is 2.19. The van der Waals surface area contributed by atoms with Crippen molar-refractivity contribution in [3.05, 3.63) is 0 Å². The lowest BCUT2D eigenvalue weighted by molar-refractivity contribution is 0.0172. The van der Waals surface area contributed by atoms with Crippen molar-refractivity contribution in [2.75, 3.05) is 32.1 Å². The lowest BCUT2D eigenvalue weighted by Gasteiger charge is -2.31. The van der Waals surface area contributed by atoms with Gasteiger partial charge in [-0.25, -0.2) is 0 Å². The molecule has 14 heavy (non-hydrogen) atoms. The van der Waals surface area contributed by atoms with Gasteiger partial charge in [0, 0.05) is 13.1 Å². The molecular formula is C7H16N2O4S. The molecule has 1 atom stereocenters. The number of hydrogen-bond acceptors (Lipinski definition) is 5. The Morgan fingerprint density at radius 2 is 2.00 bits per heavy atom. The molecule has 0 aromatic rings. The van der Waals surface area contributed by atoms with Crippen LogP contribution in [0.1, 0.15) is 6.42 Å². The lowest BCUT2D eigenvalue weighted by atomic mass is 10.3. The van der Waals surface area contributed by atoms with Crippen LogP contribution in [0.4, 0.5) is 0 Å². The van der Waals surface area contributed by atoms with Crippen LogP contribution in [0.25, 0.3) is 0 Å². The van der Waals surface area contributed by atoms with Gasteiger partial charge in [0.05, 0.1) is 25.1 Å². The van der Waals surface area contributed by atoms with E-state index in [0.29, 0.717) is 26.3 Å². The molecule has 3 N–H and O–H groups in total. The van der Waals surface area contributed by atoms with E-state index in [1.807, 2.05) is 4.90 Å². The Labute approximate surface area is 83.8 Å². The molecule has 0 aliphatic carbocycles. The predicted molar refractivity (Wildman–Crippen MR) is 51.4 cm³/mol. The van der Waals surface area contributed by atoms with E-state index in [0.717, 1.165) is 0 Å². The van der Waals surface area contributed by atoms with Gasteiger partial charge < -0.3 is 10.5 Å². The van der Waals surface area contributed by atoms with E-state index in [-0.39, 0.29) is 18.3 Å². The minimum absolute atomic E-state index is 0.249. The molecule has 0 amide bonds. The topological polar surface area (TPSA) is 92.9 Å². The van der Waals surface area contributed by atoms with E-state index >= 15 is 0 Å². The number of nitrogens with two attached hydrogens (primary N) is 1. The molecule has 7 heteroatoms. The van der Waals surface area contributed by atoms with Crippen LogP contribution in [0.15, 0.2) is 0 Å². The standard InChI is InChI=1S/C7H16N2O4S/c8-7(1-6-14(10,11)12)9-2-4-13-5-3-9/h7H,1-6,8H2,(H,10,11,12). The van der Waals surface area contributed by atoms with Crippen LogP contribution < -0.4 is 5.73 Å². The maximum Gasteiger partial charge on any atom is 0.264 e. The van der Waals surface area contributed by atoms with Crippen LogP contribution in [0.2, 0.25) is 0 Å². The van der Waals surface area contributed by atoms with Gasteiger partial charge in [0.25, 0.3) is 10.1 Å². The van der Waals surface area contributed by atoms with Crippen LogP contribution in [0.3, 0.4) is 0 Å². The highest BCUT2D eigenvalue weighted by atomic mass is 32.2. The monoisotopic (exact) mass is 224 g/mol. The normalized spacial score (nSPS) is 22.1. The van der Waals surface area contributed by atoms with Crippen molar-refractivity contribution in [3.8, 4) is 0 Å². The first-order valence-electron chi connectivity index (χ1n) is 4.51. The van der Waals surface area contributed by atoms with E-state index < -0.39 is 10.1 Å². The fourth-order valence-electron chi connectivity index (χ4n) is 1.36. The fourth-order valence-corrected chi connectivity index (χ4v) is 1.90. The highest BCUT2D eigenvalue weighted by molar-refractivity contribution is 7.85. The van der Waals surface area contributed by atoms with Crippen molar-refractivity contribution >= 4 is 10.1 Å². The summed E-state index contributed by atoms with van der Waals surface area (Å²) in [7, 11) is -3.90. The smallest absolute Gasteiger partial charge is 0.264 e. The molecule has 1 aliphatic rings. The molecule has 6 nitrogen and oxygen atoms in total. The summed E-state index contributed by atoms with van der Waals surface area (Å²) in [5.74, 6) is -0.286. The average molecular weight is 224 g/mol. The molecule has 0 saturated carbocycles. The summed E-state index contributed by atoms with van der Waals surface area (Å²) in [5.41, 5.74) is 5.75. The van der Waals surface area contributed by atoms with Crippen LogP contribution in [-0.4, -0.2) is 56.1 Å². The van der Waals surface area contributed by atoms with Gasteiger partial charge in [-0.15, -0.1) is 0 Å². The Morgan fingerprint density at radius 3 is 2.50 bits per heavy atom. The van der Waals surface area contributed by atoms with Crippen molar-refractivity contribution in [2.45, 2.75) is 12.6 Å². The minimum atomic E-state index is -3.90. The summed E-state index contributed by atoms with van der Waals surface area (Å²) in [6.07, 6.45) is -0.0698. The zero-order valence-electron chi connectivity index (χ0n) is 7.92. The molecule has 0 aromatic carbocycles. The molecule has 1 unspecified atom stereocenters. The molecule has 1 heterocycles. The summed E-state index contributed by atoms with van der Waals surface area (Å²) >= 11 is 0. The van der Waals surface area contributed by atoms with Gasteiger partial charge >= 0.3 is 0 Å². The zero-order chi connectivity index (χ0) is 10.6. The summed E-state index contributed by atoms with van der Waals surface area (Å²) in [6, 6.07) is 0. The Hall–Kier alpha value is -0.210. The largest absolute Gasteiger partial charge is 0.379 e. The summed E-state index contributed by atoms with van der Waals surface area (Å²) in [5, 5.41) is 0. The molecule has 1 saturated heterocycles. The number of morpholine rings is 1. The molecule has 1 fully saturated rings. The second-order valence-electron chi connectivity index (χ2n) is 3.29. The maximum absolute atomic E-state index is 10.5. The van der Waals surface area contributed by atoms with Gasteiger partial charge in [-0.3, -0.25) is 9.45 Å². The second-order valence-corrected chi connectivity index (χ2v) is 4.86. The molecule has 0 radical (unpaired) electrons. The van der Waals surface area contributed by atoms with Crippen molar-refractivity contribution in [1.82, 2.24) is 4.90 Å². The quantitative estimate of drug-likeness (QED) is 0.588. The third kappa shape index (κ3) is 4.34. The zero-order valence-corrected chi connectivity index (χ0v) is 8.74. The summed E-state index contributed by atoms with van der Waals surface area (Å²) < 4.78 is 34.6. The molecule has 84 valence electrons. The minimum Gasteiger partial charge on any atom is -0.379 e. The van der Waals surface area contributed by atoms with E-state index in [9.17, 15) is 8.42 Å². The Morgan fingerprint density at radius 1 is 1.43 bits per heavy atom. The van der Waals surface area contributed by atoms with Gasteiger partial charge in [0.15, 0.2) is 0 Å². The van der Waals surface area contributed by atoms with Gasteiger partial charge in [0.2, 0.25) is 0 Å². The lowest BCUT2D eigenvalue weighted by Crippen LogP contribution is -2.48. The number of hydrogen-bond donors (Lipinski definition) is 2. The first-order valence-corrected chi connectivity index (χ1v) is 6.12. The summed E-state index contributed by atoms with van der Waals surface area (Å²) in [6.45, 7) is 2.68. The number of rotatable bonds is 4. The predicted octanol–water partition coefficient (Wildman–Crippen LogP) is -1.12. The van der Waals surface area contributed by atoms with E-state index in [4.69, 9.17) is 15.0 Å². The van der Waals surface area contributed by atoms with Crippen molar-refractivity contribution in [3.63, 3.8) is 0 Å². The van der Waals surface area contributed by atoms with E-state index in [1.165, 1.54) is 0 Å². The highest BCUT2D eigenvalue weighted by Gasteiger charge is 2.18. The van der Waals surface area contributed by atoms with Gasteiger partial charge in [-0.05, 0) is 6.42 Å². The Balaban J connectivity index is 2.30. The van der Waals surface area contributed by atoms with Crippen LogP contribution in [0.5, 0.6) is 0 Å². The molecular weight excluding hydrogens is 208 g/mol. The first-order chi connectivity index (χ1) is 6.49. The summed E-state index contributed by atoms with van der Waals surface area (Å²) in [4.78, 5) is 1.95. The number of nitrogens with zero attached hydrogens (tertiary/aromatic N) is 1. The fraction of sp³-hybridized carbons (Fsp3) is 1.00. The number of ether oxygens (including phenoxy) is 1. The third-order valence-corrected chi connectivity index (χ3v) is 2.94. The Kier molecular flexibility index (Phi) is 4.27. The molecule has 1 aliphatic heterocycles.